The summed E-state index contributed by atoms with van der Waals surface area (Å²) in [7, 11) is 3.72. The third kappa shape index (κ3) is 12.6. The van der Waals surface area contributed by atoms with Gasteiger partial charge in [0, 0.05) is 94.8 Å². The topological polar surface area (TPSA) is 175 Å². The predicted octanol–water partition coefficient (Wildman–Crippen LogP) is 8.84. The van der Waals surface area contributed by atoms with E-state index in [-0.39, 0.29) is 85.7 Å². The number of aromatic nitrogens is 4. The Morgan fingerprint density at radius 2 is 1.11 bits per heavy atom. The number of ether oxygens (including phenoxy) is 1. The predicted molar refractivity (Wildman–Crippen MR) is 266 cm³/mol. The molecule has 0 spiro atoms. The minimum absolute atomic E-state index is 0. The van der Waals surface area contributed by atoms with Gasteiger partial charge in [-0.3, -0.25) is 28.5 Å². The molecule has 0 atom stereocenters. The molecule has 0 fully saturated rings. The first-order chi connectivity index (χ1) is 32.8. The van der Waals surface area contributed by atoms with Crippen LogP contribution in [0.3, 0.4) is 0 Å². The molecule has 19 heteroatoms. The van der Waals surface area contributed by atoms with Crippen LogP contribution in [0.5, 0.6) is 0 Å². The summed E-state index contributed by atoms with van der Waals surface area (Å²) < 4.78 is 38.3. The molecule has 0 saturated heterocycles. The Bertz CT molecular complexity index is 2970. The van der Waals surface area contributed by atoms with Crippen LogP contribution in [0.4, 0.5) is 25.0 Å². The van der Waals surface area contributed by atoms with E-state index in [1.165, 1.54) is 18.2 Å². The second-order valence-corrected chi connectivity index (χ2v) is 18.8. The molecule has 2 aliphatic heterocycles. The third-order valence-electron chi connectivity index (χ3n) is 11.8. The molecule has 2 aliphatic rings. The molecule has 4 aromatic carbocycles. The summed E-state index contributed by atoms with van der Waals surface area (Å²) in [5.41, 5.74) is 12.8. The van der Waals surface area contributed by atoms with Gasteiger partial charge in [0.25, 0.3) is 11.8 Å². The molecule has 4 heterocycles. The number of carbonyl (C=O) groups excluding carboxylic acids is 5. The minimum Gasteiger partial charge on any atom is -0.444 e. The van der Waals surface area contributed by atoms with E-state index in [0.717, 1.165) is 39.3 Å². The number of fused-ring (bicyclic) bond motifs is 4. The van der Waals surface area contributed by atoms with Crippen molar-refractivity contribution in [2.24, 2.45) is 19.8 Å². The van der Waals surface area contributed by atoms with Crippen LogP contribution in [0.15, 0.2) is 85.2 Å². The summed E-state index contributed by atoms with van der Waals surface area (Å²) in [5, 5.41) is 12.2. The molecular formula is C51H53Cl3F2N8O6. The number of hydrogen-bond acceptors (Lipinski definition) is 9. The van der Waals surface area contributed by atoms with Gasteiger partial charge in [-0.2, -0.15) is 10.2 Å². The Balaban J connectivity index is 0.000000231. The van der Waals surface area contributed by atoms with Gasteiger partial charge >= 0.3 is 6.09 Å². The van der Waals surface area contributed by atoms with E-state index < -0.39 is 23.3 Å². The van der Waals surface area contributed by atoms with E-state index in [9.17, 15) is 32.8 Å². The van der Waals surface area contributed by atoms with Gasteiger partial charge < -0.3 is 25.6 Å². The zero-order valence-electron chi connectivity index (χ0n) is 39.3. The van der Waals surface area contributed by atoms with Crippen LogP contribution in [0, 0.1) is 11.6 Å². The number of alkyl carbamates (subject to hydrolysis) is 1. The molecule has 14 nitrogen and oxygen atoms in total. The van der Waals surface area contributed by atoms with Gasteiger partial charge in [-0.1, -0.05) is 35.3 Å². The Kier molecular flexibility index (Phi) is 17.0. The van der Waals surface area contributed by atoms with Crippen LogP contribution in [0.25, 0.3) is 0 Å². The number of hydrogen-bond donors (Lipinski definition) is 2. The molecule has 6 aromatic rings. The quantitative estimate of drug-likeness (QED) is 0.129. The van der Waals surface area contributed by atoms with Gasteiger partial charge in [-0.05, 0) is 117 Å². The van der Waals surface area contributed by atoms with Gasteiger partial charge in [0.1, 0.15) is 23.0 Å². The first kappa shape index (κ1) is 52.9. The SMILES string of the molecule is Cl.Cn1ncc2c1Cc1cc(Cl)ccc1N(C(=O)c1ccc(CCC(=O)CN)c(F)c1)C2.Cn1ncc2c1Cc1cc(Cl)ccc1N(C(=O)c1ccc(CCC(=O)CNC(=O)OC(C)(C)C)c(F)c1)C2. The number of anilines is 2. The average Bonchev–Trinajstić information content (AvgIpc) is 3.70. The van der Waals surface area contributed by atoms with Crippen molar-refractivity contribution in [3.63, 3.8) is 0 Å². The zero-order valence-corrected chi connectivity index (χ0v) is 41.6. The number of ketones is 2. The van der Waals surface area contributed by atoms with Gasteiger partial charge in [0.15, 0.2) is 5.78 Å². The Labute approximate surface area is 420 Å². The van der Waals surface area contributed by atoms with E-state index in [2.05, 4.69) is 15.5 Å². The highest BCUT2D eigenvalue weighted by molar-refractivity contribution is 6.31. The van der Waals surface area contributed by atoms with E-state index in [4.69, 9.17) is 33.7 Å². The molecule has 0 bridgehead atoms. The van der Waals surface area contributed by atoms with Crippen molar-refractivity contribution >= 4 is 76.5 Å². The smallest absolute Gasteiger partial charge is 0.408 e. The third-order valence-corrected chi connectivity index (χ3v) is 12.3. The molecule has 3 N–H and O–H groups in total. The summed E-state index contributed by atoms with van der Waals surface area (Å²) in [4.78, 5) is 65.6. The number of nitrogens with one attached hydrogen (secondary N) is 1. The fourth-order valence-corrected chi connectivity index (χ4v) is 8.58. The zero-order chi connectivity index (χ0) is 49.7. The number of benzene rings is 4. The number of amides is 3. The van der Waals surface area contributed by atoms with Crippen molar-refractivity contribution in [3.05, 3.63) is 163 Å². The molecule has 3 amide bonds. The van der Waals surface area contributed by atoms with Crippen LogP contribution in [0.1, 0.15) is 99.1 Å². The minimum atomic E-state index is -0.685. The van der Waals surface area contributed by atoms with E-state index in [1.54, 1.807) is 88.7 Å². The van der Waals surface area contributed by atoms with E-state index in [0.29, 0.717) is 52.8 Å². The highest BCUT2D eigenvalue weighted by Gasteiger charge is 2.30. The summed E-state index contributed by atoms with van der Waals surface area (Å²) >= 11 is 12.4. The van der Waals surface area contributed by atoms with Crippen molar-refractivity contribution in [3.8, 4) is 0 Å². The van der Waals surface area contributed by atoms with Crippen molar-refractivity contribution in [1.29, 1.82) is 0 Å². The average molecular weight is 1020 g/mol. The maximum Gasteiger partial charge on any atom is 0.408 e. The van der Waals surface area contributed by atoms with Crippen molar-refractivity contribution in [1.82, 2.24) is 24.9 Å². The largest absolute Gasteiger partial charge is 0.444 e. The number of nitrogens with two attached hydrogens (primary N) is 1. The Morgan fingerprint density at radius 3 is 1.53 bits per heavy atom. The molecule has 0 radical (unpaired) electrons. The number of Topliss-reactive ketones (excluding diaryl/α,β-unsaturated/α-hetero) is 2. The molecular weight excluding hydrogens is 965 g/mol. The van der Waals surface area contributed by atoms with Crippen LogP contribution >= 0.6 is 35.6 Å². The summed E-state index contributed by atoms with van der Waals surface area (Å²) in [6.07, 6.45) is 4.55. The maximum atomic E-state index is 15.0. The lowest BCUT2D eigenvalue weighted by Crippen LogP contribution is -2.35. The monoisotopic (exact) mass is 1020 g/mol. The molecule has 0 unspecified atom stereocenters. The Morgan fingerprint density at radius 1 is 0.671 bits per heavy atom. The van der Waals surface area contributed by atoms with Crippen LogP contribution in [-0.2, 0) is 67.2 Å². The number of rotatable bonds is 11. The fourth-order valence-electron chi connectivity index (χ4n) is 8.19. The Hall–Kier alpha value is -6.46. The number of aryl methyl sites for hydroxylation is 4. The van der Waals surface area contributed by atoms with Gasteiger partial charge in [0.05, 0.1) is 38.6 Å². The van der Waals surface area contributed by atoms with Gasteiger partial charge in [0.2, 0.25) is 0 Å². The molecule has 368 valence electrons. The fraction of sp³-hybridized carbons (Fsp3) is 0.314. The maximum absolute atomic E-state index is 15.0. The second-order valence-electron chi connectivity index (χ2n) is 17.9. The summed E-state index contributed by atoms with van der Waals surface area (Å²) in [6.45, 7) is 5.52. The van der Waals surface area contributed by atoms with Crippen molar-refractivity contribution in [2.45, 2.75) is 78.0 Å². The van der Waals surface area contributed by atoms with E-state index >= 15 is 0 Å². The van der Waals surface area contributed by atoms with Gasteiger partial charge in [-0.25, -0.2) is 13.6 Å². The molecule has 0 aliphatic carbocycles. The standard InChI is InChI=1S/C28H30ClFN4O4.C23H22ClFN4O2.ClH/c1-28(2,3)38-27(37)31-15-22(35)9-7-17-5-6-18(12-23(17)30)26(36)34-16-20-14-32-33(4)25(20)13-19-11-21(29)8-10-24(19)34;1-28-22-10-16-8-18(24)5-7-21(16)29(13-17(22)12-27-28)23(31)15-3-2-14(20(25)9-15)4-6-19(30)11-26;/h5-6,8,10-12,14H,7,9,13,15-16H2,1-4H3,(H,31,37);2-3,5,7-9,12H,4,6,10-11,13,26H2,1H3;1H. The highest BCUT2D eigenvalue weighted by atomic mass is 35.5. The van der Waals surface area contributed by atoms with Crippen molar-refractivity contribution < 1.29 is 37.5 Å². The first-order valence-electron chi connectivity index (χ1n) is 22.3. The molecule has 70 heavy (non-hydrogen) atoms. The van der Waals surface area contributed by atoms with E-state index in [1.807, 2.05) is 32.3 Å². The summed E-state index contributed by atoms with van der Waals surface area (Å²) in [6, 6.07) is 19.4. The van der Waals surface area contributed by atoms with Crippen LogP contribution < -0.4 is 20.9 Å². The normalized spacial score (nSPS) is 12.7. The number of carbonyl (C=O) groups is 5. The van der Waals surface area contributed by atoms with Crippen LogP contribution in [0.2, 0.25) is 10.0 Å². The molecule has 8 rings (SSSR count). The van der Waals surface area contributed by atoms with Gasteiger partial charge in [-0.15, -0.1) is 12.4 Å². The second kappa shape index (κ2) is 22.5. The first-order valence-corrected chi connectivity index (χ1v) is 23.0. The number of halogens is 5. The highest BCUT2D eigenvalue weighted by Crippen LogP contribution is 2.35. The molecule has 2 aromatic heterocycles. The lowest BCUT2D eigenvalue weighted by atomic mass is 10.0. The number of nitrogens with zero attached hydrogens (tertiary/aromatic N) is 6. The lowest BCUT2D eigenvalue weighted by Gasteiger charge is -2.23. The molecule has 0 saturated carbocycles. The van der Waals surface area contributed by atoms with Crippen LogP contribution in [-0.4, -0.2) is 67.7 Å². The van der Waals surface area contributed by atoms with Crippen molar-refractivity contribution in [2.75, 3.05) is 22.9 Å². The lowest BCUT2D eigenvalue weighted by molar-refractivity contribution is -0.118. The summed E-state index contributed by atoms with van der Waals surface area (Å²) in [5.74, 6) is -2.15.